The van der Waals surface area contributed by atoms with Crippen LogP contribution in [0.2, 0.25) is 0 Å². The molecule has 1 aromatic rings. The fourth-order valence-electron chi connectivity index (χ4n) is 1.57. The lowest BCUT2D eigenvalue weighted by atomic mass is 10.1. The van der Waals surface area contributed by atoms with Crippen LogP contribution in [0.4, 0.5) is 0 Å². The average Bonchev–Trinajstić information content (AvgIpc) is 2.84. The third kappa shape index (κ3) is 2.79. The van der Waals surface area contributed by atoms with Crippen LogP contribution >= 0.6 is 15.9 Å². The molecule has 94 valence electrons. The van der Waals surface area contributed by atoms with Crippen LogP contribution in [0.15, 0.2) is 34.5 Å². The van der Waals surface area contributed by atoms with E-state index in [-0.39, 0.29) is 11.5 Å². The van der Waals surface area contributed by atoms with Crippen molar-refractivity contribution in [3.8, 4) is 5.75 Å². The number of hydrogen-bond donors (Lipinski definition) is 0. The zero-order chi connectivity index (χ0) is 13.1. The van der Waals surface area contributed by atoms with E-state index in [1.807, 2.05) is 0 Å². The number of ketones is 1. The van der Waals surface area contributed by atoms with E-state index in [2.05, 4.69) is 15.9 Å². The Kier molecular flexibility index (Phi) is 3.81. The minimum atomic E-state index is -0.475. The molecular formula is C13H11BrO4. The topological polar surface area (TPSA) is 52.6 Å². The van der Waals surface area contributed by atoms with E-state index in [1.54, 1.807) is 18.2 Å². The first kappa shape index (κ1) is 12.8. The molecule has 0 spiro atoms. The number of benzene rings is 1. The van der Waals surface area contributed by atoms with Gasteiger partial charge >= 0.3 is 5.97 Å². The molecular weight excluding hydrogens is 300 g/mol. The molecule has 0 radical (unpaired) electrons. The molecule has 1 aromatic carbocycles. The van der Waals surface area contributed by atoms with Crippen molar-refractivity contribution in [1.82, 2.24) is 0 Å². The van der Waals surface area contributed by atoms with Gasteiger partial charge in [-0.3, -0.25) is 4.79 Å². The van der Waals surface area contributed by atoms with Crippen LogP contribution in [0.3, 0.4) is 0 Å². The number of halogens is 1. The van der Waals surface area contributed by atoms with Gasteiger partial charge in [-0.05, 0) is 25.1 Å². The monoisotopic (exact) mass is 310 g/mol. The Hall–Kier alpha value is -1.62. The summed E-state index contributed by atoms with van der Waals surface area (Å²) in [6.45, 7) is 1.92. The van der Waals surface area contributed by atoms with Crippen molar-refractivity contribution in [3.05, 3.63) is 40.1 Å². The minimum absolute atomic E-state index is 0.157. The van der Waals surface area contributed by atoms with Gasteiger partial charge in [0.1, 0.15) is 5.75 Å². The summed E-state index contributed by atoms with van der Waals surface area (Å²) in [7, 11) is 0. The third-order valence-electron chi connectivity index (χ3n) is 2.50. The maximum absolute atomic E-state index is 11.8. The molecule has 0 atom stereocenters. The van der Waals surface area contributed by atoms with E-state index in [4.69, 9.17) is 9.47 Å². The number of rotatable bonds is 3. The van der Waals surface area contributed by atoms with Gasteiger partial charge in [0.15, 0.2) is 5.78 Å². The predicted octanol–water partition coefficient (Wildman–Crippen LogP) is 2.86. The lowest BCUT2D eigenvalue weighted by Gasteiger charge is -2.08. The second-order valence-electron chi connectivity index (χ2n) is 3.85. The summed E-state index contributed by atoms with van der Waals surface area (Å²) >= 11 is 3.27. The van der Waals surface area contributed by atoms with Crippen molar-refractivity contribution in [3.63, 3.8) is 0 Å². The van der Waals surface area contributed by atoms with Crippen LogP contribution in [-0.4, -0.2) is 18.4 Å². The van der Waals surface area contributed by atoms with E-state index < -0.39 is 5.97 Å². The molecule has 0 bridgehead atoms. The molecule has 1 aliphatic heterocycles. The van der Waals surface area contributed by atoms with Gasteiger partial charge in [0, 0.05) is 10.9 Å². The molecule has 0 saturated carbocycles. The number of carbonyl (C=O) groups is 2. The van der Waals surface area contributed by atoms with E-state index in [0.717, 1.165) is 4.47 Å². The molecule has 0 unspecified atom stereocenters. The lowest BCUT2D eigenvalue weighted by Crippen LogP contribution is -2.12. The molecule has 18 heavy (non-hydrogen) atoms. The van der Waals surface area contributed by atoms with E-state index in [1.165, 1.54) is 13.2 Å². The summed E-state index contributed by atoms with van der Waals surface area (Å²) < 4.78 is 11.0. The van der Waals surface area contributed by atoms with Gasteiger partial charge in [0.2, 0.25) is 0 Å². The van der Waals surface area contributed by atoms with Crippen molar-refractivity contribution in [2.24, 2.45) is 0 Å². The Balaban J connectivity index is 2.23. The Morgan fingerprint density at radius 2 is 2.17 bits per heavy atom. The van der Waals surface area contributed by atoms with E-state index >= 15 is 0 Å². The molecule has 0 N–H and O–H groups in total. The minimum Gasteiger partial charge on any atom is -0.500 e. The first-order valence-corrected chi connectivity index (χ1v) is 6.20. The molecule has 0 fully saturated rings. The van der Waals surface area contributed by atoms with Gasteiger partial charge in [-0.25, -0.2) is 4.79 Å². The SMILES string of the molecule is CC(=O)c1cc(Br)ccc1OC(=O)C1=COCC1. The van der Waals surface area contributed by atoms with Crippen molar-refractivity contribution >= 4 is 27.7 Å². The lowest BCUT2D eigenvalue weighted by molar-refractivity contribution is -0.130. The van der Waals surface area contributed by atoms with Gasteiger partial charge in [-0.2, -0.15) is 0 Å². The smallest absolute Gasteiger partial charge is 0.342 e. The van der Waals surface area contributed by atoms with Gasteiger partial charge in [0.05, 0.1) is 24.0 Å². The molecule has 0 saturated heterocycles. The van der Waals surface area contributed by atoms with Crippen molar-refractivity contribution in [2.45, 2.75) is 13.3 Å². The van der Waals surface area contributed by atoms with Crippen LogP contribution in [-0.2, 0) is 9.53 Å². The summed E-state index contributed by atoms with van der Waals surface area (Å²) in [6, 6.07) is 4.94. The number of esters is 1. The highest BCUT2D eigenvalue weighted by Gasteiger charge is 2.19. The summed E-state index contributed by atoms with van der Waals surface area (Å²) in [5.41, 5.74) is 0.852. The molecule has 5 heteroatoms. The number of hydrogen-bond acceptors (Lipinski definition) is 4. The van der Waals surface area contributed by atoms with Gasteiger partial charge in [-0.1, -0.05) is 15.9 Å². The average molecular weight is 311 g/mol. The second kappa shape index (κ2) is 5.35. The third-order valence-corrected chi connectivity index (χ3v) is 2.99. The Labute approximate surface area is 113 Å². The van der Waals surface area contributed by atoms with Gasteiger partial charge in [0.25, 0.3) is 0 Å². The molecule has 4 nitrogen and oxygen atoms in total. The Bertz CT molecular complexity index is 534. The fourth-order valence-corrected chi connectivity index (χ4v) is 1.93. The summed E-state index contributed by atoms with van der Waals surface area (Å²) in [5, 5.41) is 0. The molecule has 1 aliphatic rings. The standard InChI is InChI=1S/C13H11BrO4/c1-8(15)11-6-10(14)2-3-12(11)18-13(16)9-4-5-17-7-9/h2-3,6-7H,4-5H2,1H3. The van der Waals surface area contributed by atoms with E-state index in [0.29, 0.717) is 24.2 Å². The number of carbonyl (C=O) groups excluding carboxylic acids is 2. The molecule has 1 heterocycles. The Morgan fingerprint density at radius 1 is 1.39 bits per heavy atom. The largest absolute Gasteiger partial charge is 0.500 e. The van der Waals surface area contributed by atoms with Crippen LogP contribution in [0.5, 0.6) is 5.75 Å². The van der Waals surface area contributed by atoms with Crippen molar-refractivity contribution < 1.29 is 19.1 Å². The van der Waals surface area contributed by atoms with Crippen LogP contribution in [0.1, 0.15) is 23.7 Å². The van der Waals surface area contributed by atoms with Gasteiger partial charge in [-0.15, -0.1) is 0 Å². The molecule has 0 amide bonds. The fraction of sp³-hybridized carbons (Fsp3) is 0.231. The quantitative estimate of drug-likeness (QED) is 0.489. The summed E-state index contributed by atoms with van der Waals surface area (Å²) in [6.07, 6.45) is 1.93. The zero-order valence-electron chi connectivity index (χ0n) is 9.73. The first-order valence-electron chi connectivity index (χ1n) is 5.41. The van der Waals surface area contributed by atoms with Gasteiger partial charge < -0.3 is 9.47 Å². The molecule has 0 aromatic heterocycles. The second-order valence-corrected chi connectivity index (χ2v) is 4.77. The Morgan fingerprint density at radius 3 is 2.78 bits per heavy atom. The summed E-state index contributed by atoms with van der Waals surface area (Å²) in [5.74, 6) is -0.364. The number of Topliss-reactive ketones (excluding diaryl/α,β-unsaturated/α-hetero) is 1. The van der Waals surface area contributed by atoms with Crippen molar-refractivity contribution in [2.75, 3.05) is 6.61 Å². The summed E-state index contributed by atoms with van der Waals surface area (Å²) in [4.78, 5) is 23.3. The maximum Gasteiger partial charge on any atom is 0.342 e. The molecule has 0 aliphatic carbocycles. The van der Waals surface area contributed by atoms with Crippen LogP contribution < -0.4 is 4.74 Å². The van der Waals surface area contributed by atoms with Crippen molar-refractivity contribution in [1.29, 1.82) is 0 Å². The predicted molar refractivity (Wildman–Crippen MR) is 68.4 cm³/mol. The van der Waals surface area contributed by atoms with Crippen LogP contribution in [0, 0.1) is 0 Å². The first-order chi connectivity index (χ1) is 8.58. The molecule has 2 rings (SSSR count). The highest BCUT2D eigenvalue weighted by molar-refractivity contribution is 9.10. The van der Waals surface area contributed by atoms with Crippen LogP contribution in [0.25, 0.3) is 0 Å². The normalized spacial score (nSPS) is 13.8. The number of ether oxygens (including phenoxy) is 2. The highest BCUT2D eigenvalue weighted by atomic mass is 79.9. The maximum atomic E-state index is 11.8. The highest BCUT2D eigenvalue weighted by Crippen LogP contribution is 2.25. The zero-order valence-corrected chi connectivity index (χ0v) is 11.3. The van der Waals surface area contributed by atoms with E-state index in [9.17, 15) is 9.59 Å².